The van der Waals surface area contributed by atoms with Crippen LogP contribution >= 0.6 is 11.6 Å². The molecular weight excluding hydrogens is 238 g/mol. The third kappa shape index (κ3) is 4.27. The molecule has 0 heterocycles. The molecular formula is C13H18ClNO2. The van der Waals surface area contributed by atoms with Gasteiger partial charge >= 0.3 is 5.97 Å². The molecule has 4 heteroatoms. The van der Waals surface area contributed by atoms with Gasteiger partial charge in [0.05, 0.1) is 0 Å². The van der Waals surface area contributed by atoms with E-state index in [-0.39, 0.29) is 6.42 Å². The first-order valence-electron chi connectivity index (χ1n) is 5.77. The second kappa shape index (κ2) is 6.50. The number of carboxylic acid groups (broad SMARTS) is 1. The maximum absolute atomic E-state index is 10.5. The number of carboxylic acids is 1. The number of aryl methyl sites for hydroxylation is 1. The molecule has 0 fully saturated rings. The molecule has 0 amide bonds. The summed E-state index contributed by atoms with van der Waals surface area (Å²) in [5, 5.41) is 9.34. The molecule has 0 aliphatic heterocycles. The first-order valence-corrected chi connectivity index (χ1v) is 6.15. The van der Waals surface area contributed by atoms with E-state index < -0.39 is 5.97 Å². The van der Waals surface area contributed by atoms with E-state index in [1.54, 1.807) is 0 Å². The molecule has 0 radical (unpaired) electrons. The van der Waals surface area contributed by atoms with Crippen LogP contribution in [0.4, 0.5) is 5.69 Å². The van der Waals surface area contributed by atoms with Gasteiger partial charge in [0.2, 0.25) is 0 Å². The monoisotopic (exact) mass is 255 g/mol. The Bertz CT molecular complexity index is 393. The molecule has 0 atom stereocenters. The minimum Gasteiger partial charge on any atom is -0.481 e. The Morgan fingerprint density at radius 1 is 1.47 bits per heavy atom. The van der Waals surface area contributed by atoms with Gasteiger partial charge in [-0.3, -0.25) is 4.79 Å². The van der Waals surface area contributed by atoms with E-state index in [0.717, 1.165) is 24.3 Å². The van der Waals surface area contributed by atoms with Gasteiger partial charge in [-0.1, -0.05) is 17.7 Å². The SMILES string of the molecule is CCN(CCCC(=O)O)c1cc(Cl)ccc1C. The summed E-state index contributed by atoms with van der Waals surface area (Å²) in [5.41, 5.74) is 2.25. The van der Waals surface area contributed by atoms with Crippen LogP contribution in [0.3, 0.4) is 0 Å². The molecule has 0 aliphatic carbocycles. The van der Waals surface area contributed by atoms with E-state index in [1.807, 2.05) is 25.1 Å². The van der Waals surface area contributed by atoms with Gasteiger partial charge in [0.25, 0.3) is 0 Å². The van der Waals surface area contributed by atoms with Crippen LogP contribution in [0.25, 0.3) is 0 Å². The first kappa shape index (κ1) is 13.8. The predicted octanol–water partition coefficient (Wildman–Crippen LogP) is 3.34. The topological polar surface area (TPSA) is 40.5 Å². The quantitative estimate of drug-likeness (QED) is 0.848. The van der Waals surface area contributed by atoms with Gasteiger partial charge < -0.3 is 10.0 Å². The van der Waals surface area contributed by atoms with Crippen molar-refractivity contribution < 1.29 is 9.90 Å². The van der Waals surface area contributed by atoms with Crippen LogP contribution in [-0.4, -0.2) is 24.2 Å². The molecule has 1 aromatic rings. The van der Waals surface area contributed by atoms with Crippen LogP contribution in [0, 0.1) is 6.92 Å². The fourth-order valence-electron chi connectivity index (χ4n) is 1.79. The van der Waals surface area contributed by atoms with E-state index in [0.29, 0.717) is 11.4 Å². The average Bonchev–Trinajstić information content (AvgIpc) is 2.28. The van der Waals surface area contributed by atoms with Gasteiger partial charge in [0, 0.05) is 30.2 Å². The van der Waals surface area contributed by atoms with Crippen molar-refractivity contribution in [3.8, 4) is 0 Å². The highest BCUT2D eigenvalue weighted by Crippen LogP contribution is 2.24. The molecule has 0 aliphatic rings. The van der Waals surface area contributed by atoms with Crippen molar-refractivity contribution >= 4 is 23.3 Å². The van der Waals surface area contributed by atoms with Crippen LogP contribution in [0.1, 0.15) is 25.3 Å². The standard InChI is InChI=1S/C13H18ClNO2/c1-3-15(8-4-5-13(16)17)12-9-11(14)7-6-10(12)2/h6-7,9H,3-5,8H2,1-2H3,(H,16,17). The molecule has 0 unspecified atom stereocenters. The van der Waals surface area contributed by atoms with E-state index >= 15 is 0 Å². The third-order valence-corrected chi connectivity index (χ3v) is 2.95. The van der Waals surface area contributed by atoms with Gasteiger partial charge in [0.1, 0.15) is 0 Å². The molecule has 1 aromatic carbocycles. The lowest BCUT2D eigenvalue weighted by molar-refractivity contribution is -0.137. The van der Waals surface area contributed by atoms with Crippen LogP contribution in [0.2, 0.25) is 5.02 Å². The van der Waals surface area contributed by atoms with Gasteiger partial charge in [-0.15, -0.1) is 0 Å². The minimum atomic E-state index is -0.746. The lowest BCUT2D eigenvalue weighted by Gasteiger charge is -2.25. The number of carbonyl (C=O) groups is 1. The molecule has 0 saturated heterocycles. The van der Waals surface area contributed by atoms with Crippen LogP contribution in [0.15, 0.2) is 18.2 Å². The number of aliphatic carboxylic acids is 1. The zero-order valence-electron chi connectivity index (χ0n) is 10.2. The third-order valence-electron chi connectivity index (χ3n) is 2.71. The van der Waals surface area contributed by atoms with Gasteiger partial charge in [-0.25, -0.2) is 0 Å². The smallest absolute Gasteiger partial charge is 0.303 e. The summed E-state index contributed by atoms with van der Waals surface area (Å²) in [7, 11) is 0. The second-order valence-corrected chi connectivity index (χ2v) is 4.44. The zero-order chi connectivity index (χ0) is 12.8. The van der Waals surface area contributed by atoms with E-state index in [2.05, 4.69) is 11.8 Å². The highest BCUT2D eigenvalue weighted by molar-refractivity contribution is 6.30. The van der Waals surface area contributed by atoms with Gasteiger partial charge in [-0.2, -0.15) is 0 Å². The normalized spacial score (nSPS) is 10.3. The molecule has 3 nitrogen and oxygen atoms in total. The fraction of sp³-hybridized carbons (Fsp3) is 0.462. The van der Waals surface area contributed by atoms with Gasteiger partial charge in [0.15, 0.2) is 0 Å². The van der Waals surface area contributed by atoms with Crippen molar-refractivity contribution in [2.45, 2.75) is 26.7 Å². The van der Waals surface area contributed by atoms with Crippen LogP contribution in [0.5, 0.6) is 0 Å². The van der Waals surface area contributed by atoms with E-state index in [4.69, 9.17) is 16.7 Å². The Hall–Kier alpha value is -1.22. The van der Waals surface area contributed by atoms with Crippen molar-refractivity contribution in [1.29, 1.82) is 0 Å². The number of rotatable bonds is 6. The summed E-state index contributed by atoms with van der Waals surface area (Å²) >= 11 is 5.98. The Labute approximate surface area is 107 Å². The Kier molecular flexibility index (Phi) is 5.29. The molecule has 17 heavy (non-hydrogen) atoms. The molecule has 0 saturated carbocycles. The fourth-order valence-corrected chi connectivity index (χ4v) is 1.96. The lowest BCUT2D eigenvalue weighted by atomic mass is 10.1. The van der Waals surface area contributed by atoms with Crippen LogP contribution < -0.4 is 4.90 Å². The Morgan fingerprint density at radius 3 is 2.76 bits per heavy atom. The molecule has 0 bridgehead atoms. The molecule has 94 valence electrons. The molecule has 1 N–H and O–H groups in total. The maximum Gasteiger partial charge on any atom is 0.303 e. The molecule has 0 spiro atoms. The first-order chi connectivity index (χ1) is 8.04. The van der Waals surface area contributed by atoms with E-state index in [9.17, 15) is 4.79 Å². The lowest BCUT2D eigenvalue weighted by Crippen LogP contribution is -2.25. The number of nitrogens with zero attached hydrogens (tertiary/aromatic N) is 1. The number of benzene rings is 1. The highest BCUT2D eigenvalue weighted by Gasteiger charge is 2.08. The minimum absolute atomic E-state index is 0.204. The zero-order valence-corrected chi connectivity index (χ0v) is 11.0. The highest BCUT2D eigenvalue weighted by atomic mass is 35.5. The number of hydrogen-bond acceptors (Lipinski definition) is 2. The van der Waals surface area contributed by atoms with Crippen molar-refractivity contribution in [2.24, 2.45) is 0 Å². The van der Waals surface area contributed by atoms with Crippen LogP contribution in [-0.2, 0) is 4.79 Å². The number of hydrogen-bond donors (Lipinski definition) is 1. The Balaban J connectivity index is 2.72. The van der Waals surface area contributed by atoms with Crippen molar-refractivity contribution in [2.75, 3.05) is 18.0 Å². The summed E-state index contributed by atoms with van der Waals surface area (Å²) in [6, 6.07) is 5.78. The number of anilines is 1. The second-order valence-electron chi connectivity index (χ2n) is 4.01. The van der Waals surface area contributed by atoms with Crippen molar-refractivity contribution in [3.63, 3.8) is 0 Å². The predicted molar refractivity (Wildman–Crippen MR) is 70.9 cm³/mol. The summed E-state index contributed by atoms with van der Waals surface area (Å²) < 4.78 is 0. The molecule has 0 aromatic heterocycles. The van der Waals surface area contributed by atoms with Crippen molar-refractivity contribution in [3.05, 3.63) is 28.8 Å². The average molecular weight is 256 g/mol. The summed E-state index contributed by atoms with van der Waals surface area (Å²) in [5.74, 6) is -0.746. The van der Waals surface area contributed by atoms with E-state index in [1.165, 1.54) is 0 Å². The number of halogens is 1. The summed E-state index contributed by atoms with van der Waals surface area (Å²) in [6.45, 7) is 5.68. The van der Waals surface area contributed by atoms with Gasteiger partial charge in [-0.05, 0) is 38.0 Å². The largest absolute Gasteiger partial charge is 0.481 e. The van der Waals surface area contributed by atoms with Crippen molar-refractivity contribution in [1.82, 2.24) is 0 Å². The summed E-state index contributed by atoms with van der Waals surface area (Å²) in [6.07, 6.45) is 0.852. The summed E-state index contributed by atoms with van der Waals surface area (Å²) in [4.78, 5) is 12.6. The maximum atomic E-state index is 10.5. The Morgan fingerprint density at radius 2 is 2.18 bits per heavy atom. The molecule has 1 rings (SSSR count).